The van der Waals surface area contributed by atoms with Gasteiger partial charge >= 0.3 is 0 Å². The van der Waals surface area contributed by atoms with Crippen LogP contribution in [-0.2, 0) is 23.5 Å². The van der Waals surface area contributed by atoms with Crippen molar-refractivity contribution in [1.29, 1.82) is 0 Å². The molecule has 1 aromatic heterocycles. The number of aryl methyl sites for hydroxylation is 1. The Labute approximate surface area is 121 Å². The van der Waals surface area contributed by atoms with E-state index in [1.54, 1.807) is 25.2 Å². The Morgan fingerprint density at radius 2 is 2.10 bits per heavy atom. The van der Waals surface area contributed by atoms with Crippen molar-refractivity contribution in [1.82, 2.24) is 14.3 Å². The molecule has 0 unspecified atom stereocenters. The van der Waals surface area contributed by atoms with Gasteiger partial charge in [-0.25, -0.2) is 22.5 Å². The van der Waals surface area contributed by atoms with Crippen molar-refractivity contribution >= 4 is 21.6 Å². The van der Waals surface area contributed by atoms with Gasteiger partial charge in [-0.1, -0.05) is 29.8 Å². The number of hydrogen-bond acceptors (Lipinski definition) is 3. The predicted molar refractivity (Wildman–Crippen MR) is 73.5 cm³/mol. The molecule has 108 valence electrons. The van der Waals surface area contributed by atoms with E-state index in [2.05, 4.69) is 9.71 Å². The molecule has 8 heteroatoms. The summed E-state index contributed by atoms with van der Waals surface area (Å²) in [6, 6.07) is 6.22. The normalized spacial score (nSPS) is 11.8. The van der Waals surface area contributed by atoms with Gasteiger partial charge in [0.2, 0.25) is 5.03 Å². The molecule has 0 radical (unpaired) electrons. The molecule has 1 aromatic carbocycles. The summed E-state index contributed by atoms with van der Waals surface area (Å²) in [5, 5.41) is -0.196. The van der Waals surface area contributed by atoms with Crippen molar-refractivity contribution < 1.29 is 12.8 Å². The number of nitrogens with one attached hydrogen (secondary N) is 1. The Bertz CT molecular complexity index is 715. The fourth-order valence-corrected chi connectivity index (χ4v) is 3.12. The van der Waals surface area contributed by atoms with E-state index in [-0.39, 0.29) is 29.0 Å². The minimum absolute atomic E-state index is 0.0309. The number of rotatable bonds is 5. The van der Waals surface area contributed by atoms with E-state index >= 15 is 0 Å². The predicted octanol–water partition coefficient (Wildman–Crippen LogP) is 1.73. The molecule has 0 spiro atoms. The monoisotopic (exact) mass is 317 g/mol. The van der Waals surface area contributed by atoms with Gasteiger partial charge in [-0.05, 0) is 18.1 Å². The van der Waals surface area contributed by atoms with Gasteiger partial charge in [-0.15, -0.1) is 0 Å². The van der Waals surface area contributed by atoms with Crippen molar-refractivity contribution in [3.63, 3.8) is 0 Å². The van der Waals surface area contributed by atoms with Crippen LogP contribution in [-0.4, -0.2) is 24.5 Å². The first-order valence-electron chi connectivity index (χ1n) is 5.81. The Hall–Kier alpha value is -1.44. The Morgan fingerprint density at radius 1 is 1.40 bits per heavy atom. The molecule has 0 aliphatic heterocycles. The summed E-state index contributed by atoms with van der Waals surface area (Å²) in [7, 11) is -2.20. The molecule has 0 aliphatic rings. The second kappa shape index (κ2) is 5.90. The van der Waals surface area contributed by atoms with E-state index in [0.29, 0.717) is 5.56 Å². The molecule has 0 amide bonds. The molecule has 20 heavy (non-hydrogen) atoms. The number of benzene rings is 1. The molecular formula is C12H13ClFN3O2S. The lowest BCUT2D eigenvalue weighted by atomic mass is 10.1. The van der Waals surface area contributed by atoms with Crippen molar-refractivity contribution in [3.05, 3.63) is 47.1 Å². The number of aromatic nitrogens is 2. The molecule has 0 saturated carbocycles. The zero-order valence-electron chi connectivity index (χ0n) is 10.7. The Kier molecular flexibility index (Phi) is 4.42. The summed E-state index contributed by atoms with van der Waals surface area (Å²) in [4.78, 5) is 3.74. The van der Waals surface area contributed by atoms with Gasteiger partial charge in [0.05, 0.1) is 6.33 Å². The lowest BCUT2D eigenvalue weighted by Gasteiger charge is -2.06. The van der Waals surface area contributed by atoms with Crippen LogP contribution in [0.25, 0.3) is 0 Å². The second-order valence-corrected chi connectivity index (χ2v) is 6.23. The number of halogens is 2. The highest BCUT2D eigenvalue weighted by atomic mass is 35.5. The molecule has 2 rings (SSSR count). The molecule has 0 saturated heterocycles. The molecule has 0 atom stereocenters. The fourth-order valence-electron chi connectivity index (χ4n) is 1.66. The maximum absolute atomic E-state index is 13.4. The third kappa shape index (κ3) is 3.17. The SMILES string of the molecule is Cn1cnc(S(=O)(=O)NCCc2ccccc2F)c1Cl. The van der Waals surface area contributed by atoms with Crippen LogP contribution in [0.2, 0.25) is 5.15 Å². The first kappa shape index (κ1) is 15.0. The quantitative estimate of drug-likeness (QED) is 0.913. The number of nitrogens with zero attached hydrogens (tertiary/aromatic N) is 2. The smallest absolute Gasteiger partial charge is 0.261 e. The number of imidazole rings is 1. The van der Waals surface area contributed by atoms with Gasteiger partial charge < -0.3 is 4.57 Å². The molecular weight excluding hydrogens is 305 g/mol. The Morgan fingerprint density at radius 3 is 2.70 bits per heavy atom. The lowest BCUT2D eigenvalue weighted by molar-refractivity contribution is 0.574. The maximum Gasteiger partial charge on any atom is 0.261 e. The summed E-state index contributed by atoms with van der Waals surface area (Å²) in [6.07, 6.45) is 1.56. The highest BCUT2D eigenvalue weighted by molar-refractivity contribution is 7.89. The van der Waals surface area contributed by atoms with Crippen LogP contribution in [0.1, 0.15) is 5.56 Å². The number of sulfonamides is 1. The van der Waals surface area contributed by atoms with Crippen molar-refractivity contribution in [3.8, 4) is 0 Å². The van der Waals surface area contributed by atoms with Gasteiger partial charge in [0.25, 0.3) is 10.0 Å². The molecule has 0 aliphatic carbocycles. The summed E-state index contributed by atoms with van der Waals surface area (Å²) < 4.78 is 41.1. The summed E-state index contributed by atoms with van der Waals surface area (Å²) in [5.74, 6) is -0.359. The summed E-state index contributed by atoms with van der Waals surface area (Å²) in [5.41, 5.74) is 0.447. The molecule has 0 fully saturated rings. The third-order valence-corrected chi connectivity index (χ3v) is 4.68. The minimum Gasteiger partial charge on any atom is -0.324 e. The largest absolute Gasteiger partial charge is 0.324 e. The summed E-state index contributed by atoms with van der Waals surface area (Å²) in [6.45, 7) is 0.0656. The van der Waals surface area contributed by atoms with Crippen LogP contribution in [0.3, 0.4) is 0 Å². The Balaban J connectivity index is 2.04. The van der Waals surface area contributed by atoms with E-state index < -0.39 is 10.0 Å². The maximum atomic E-state index is 13.4. The number of hydrogen-bond donors (Lipinski definition) is 1. The first-order chi connectivity index (χ1) is 9.42. The zero-order valence-corrected chi connectivity index (χ0v) is 12.2. The molecule has 1 heterocycles. The fraction of sp³-hybridized carbons (Fsp3) is 0.250. The van der Waals surface area contributed by atoms with Gasteiger partial charge in [0.1, 0.15) is 11.0 Å². The van der Waals surface area contributed by atoms with Crippen LogP contribution < -0.4 is 4.72 Å². The standard InChI is InChI=1S/C12H13ClFN3O2S/c1-17-8-15-12(11(17)13)20(18,19)16-7-6-9-4-2-3-5-10(9)14/h2-5,8,16H,6-7H2,1H3. The highest BCUT2D eigenvalue weighted by Crippen LogP contribution is 2.18. The zero-order chi connectivity index (χ0) is 14.8. The van der Waals surface area contributed by atoms with E-state index in [1.807, 2.05) is 0 Å². The minimum atomic E-state index is -3.79. The summed E-state index contributed by atoms with van der Waals surface area (Å²) >= 11 is 5.84. The van der Waals surface area contributed by atoms with Gasteiger partial charge in [0, 0.05) is 13.6 Å². The lowest BCUT2D eigenvalue weighted by Crippen LogP contribution is -2.26. The van der Waals surface area contributed by atoms with Crippen molar-refractivity contribution in [2.24, 2.45) is 7.05 Å². The molecule has 0 bridgehead atoms. The van der Waals surface area contributed by atoms with Gasteiger partial charge in [0.15, 0.2) is 0 Å². The topological polar surface area (TPSA) is 64.0 Å². The van der Waals surface area contributed by atoms with Crippen molar-refractivity contribution in [2.75, 3.05) is 6.54 Å². The van der Waals surface area contributed by atoms with E-state index in [1.165, 1.54) is 17.0 Å². The van der Waals surface area contributed by atoms with Gasteiger partial charge in [-0.3, -0.25) is 0 Å². The van der Waals surface area contributed by atoms with Crippen LogP contribution in [0, 0.1) is 5.82 Å². The average molecular weight is 318 g/mol. The molecule has 2 aromatic rings. The molecule has 5 nitrogen and oxygen atoms in total. The van der Waals surface area contributed by atoms with E-state index in [0.717, 1.165) is 0 Å². The molecule has 1 N–H and O–H groups in total. The second-order valence-electron chi connectivity index (χ2n) is 4.19. The van der Waals surface area contributed by atoms with Crippen LogP contribution in [0.5, 0.6) is 0 Å². The van der Waals surface area contributed by atoms with Crippen LogP contribution in [0.4, 0.5) is 4.39 Å². The van der Waals surface area contributed by atoms with Crippen molar-refractivity contribution in [2.45, 2.75) is 11.4 Å². The third-order valence-electron chi connectivity index (χ3n) is 2.73. The average Bonchev–Trinajstić information content (AvgIpc) is 2.73. The van der Waals surface area contributed by atoms with E-state index in [4.69, 9.17) is 11.6 Å². The van der Waals surface area contributed by atoms with Crippen LogP contribution >= 0.6 is 11.6 Å². The highest BCUT2D eigenvalue weighted by Gasteiger charge is 2.21. The van der Waals surface area contributed by atoms with Crippen LogP contribution in [0.15, 0.2) is 35.6 Å². The van der Waals surface area contributed by atoms with Gasteiger partial charge in [-0.2, -0.15) is 0 Å². The van der Waals surface area contributed by atoms with E-state index in [9.17, 15) is 12.8 Å². The first-order valence-corrected chi connectivity index (χ1v) is 7.68.